The van der Waals surface area contributed by atoms with E-state index in [1.807, 2.05) is 18.4 Å². The average molecular weight is 332 g/mol. The molecule has 0 bridgehead atoms. The van der Waals surface area contributed by atoms with E-state index < -0.39 is 5.97 Å². The van der Waals surface area contributed by atoms with Crippen molar-refractivity contribution in [1.29, 1.82) is 0 Å². The minimum Gasteiger partial charge on any atom is -0.477 e. The van der Waals surface area contributed by atoms with Gasteiger partial charge in [-0.3, -0.25) is 0 Å². The SMILES string of the molecule is CCc1c(-c2csc(Br)c2)sc(C(=O)O)c1N. The fraction of sp³-hybridized carbons (Fsp3) is 0.182. The average Bonchev–Trinajstić information content (AvgIpc) is 2.82. The zero-order valence-corrected chi connectivity index (χ0v) is 12.2. The van der Waals surface area contributed by atoms with Crippen LogP contribution in [0.4, 0.5) is 5.69 Å². The van der Waals surface area contributed by atoms with Crippen molar-refractivity contribution in [3.63, 3.8) is 0 Å². The van der Waals surface area contributed by atoms with Crippen molar-refractivity contribution in [3.05, 3.63) is 25.7 Å². The number of rotatable bonds is 3. The van der Waals surface area contributed by atoms with E-state index >= 15 is 0 Å². The van der Waals surface area contributed by atoms with Crippen LogP contribution in [0.25, 0.3) is 10.4 Å². The first-order chi connectivity index (χ1) is 8.04. The van der Waals surface area contributed by atoms with Crippen molar-refractivity contribution >= 4 is 50.3 Å². The number of nitrogens with two attached hydrogens (primary N) is 1. The molecule has 0 aliphatic heterocycles. The molecule has 3 nitrogen and oxygen atoms in total. The van der Waals surface area contributed by atoms with E-state index in [9.17, 15) is 4.79 Å². The second-order valence-electron chi connectivity index (χ2n) is 3.45. The summed E-state index contributed by atoms with van der Waals surface area (Å²) in [6.45, 7) is 1.98. The summed E-state index contributed by atoms with van der Waals surface area (Å²) in [5.41, 5.74) is 8.24. The Balaban J connectivity index is 2.61. The Kier molecular flexibility index (Phi) is 3.56. The van der Waals surface area contributed by atoms with Gasteiger partial charge in [-0.2, -0.15) is 0 Å². The first kappa shape index (κ1) is 12.6. The second-order valence-corrected chi connectivity index (χ2v) is 6.76. The Hall–Kier alpha value is -0.850. The third-order valence-corrected chi connectivity index (χ3v) is 5.21. The van der Waals surface area contributed by atoms with Crippen molar-refractivity contribution in [2.45, 2.75) is 13.3 Å². The Labute approximate surface area is 115 Å². The lowest BCUT2D eigenvalue weighted by molar-refractivity contribution is 0.0703. The molecular weight excluding hydrogens is 322 g/mol. The smallest absolute Gasteiger partial charge is 0.348 e. The van der Waals surface area contributed by atoms with Crippen LogP contribution < -0.4 is 5.73 Å². The van der Waals surface area contributed by atoms with Crippen LogP contribution in [-0.4, -0.2) is 11.1 Å². The summed E-state index contributed by atoms with van der Waals surface area (Å²) < 4.78 is 1.03. The number of carbonyl (C=O) groups is 1. The number of hydrogen-bond donors (Lipinski definition) is 2. The zero-order chi connectivity index (χ0) is 12.6. The molecule has 0 aliphatic carbocycles. The first-order valence-corrected chi connectivity index (χ1v) is 7.42. The monoisotopic (exact) mass is 331 g/mol. The van der Waals surface area contributed by atoms with Gasteiger partial charge in [0.15, 0.2) is 0 Å². The maximum Gasteiger partial charge on any atom is 0.348 e. The minimum absolute atomic E-state index is 0.235. The summed E-state index contributed by atoms with van der Waals surface area (Å²) in [6.07, 6.45) is 0.735. The molecule has 0 spiro atoms. The molecule has 0 radical (unpaired) electrons. The standard InChI is InChI=1S/C11H10BrNO2S2/c1-2-6-8(13)10(11(14)15)17-9(6)5-3-7(12)16-4-5/h3-4H,2,13H2,1H3,(H,14,15). The van der Waals surface area contributed by atoms with E-state index in [1.165, 1.54) is 11.3 Å². The van der Waals surface area contributed by atoms with Crippen molar-refractivity contribution in [2.24, 2.45) is 0 Å². The van der Waals surface area contributed by atoms with Crippen LogP contribution in [0.15, 0.2) is 15.2 Å². The maximum atomic E-state index is 11.1. The molecule has 90 valence electrons. The van der Waals surface area contributed by atoms with Gasteiger partial charge in [0.05, 0.1) is 9.47 Å². The number of thiophene rings is 2. The predicted octanol–water partition coefficient (Wildman–Crippen LogP) is 4.08. The molecule has 0 atom stereocenters. The van der Waals surface area contributed by atoms with Gasteiger partial charge in [-0.15, -0.1) is 22.7 Å². The van der Waals surface area contributed by atoms with Gasteiger partial charge in [0, 0.05) is 15.8 Å². The van der Waals surface area contributed by atoms with Gasteiger partial charge in [-0.05, 0) is 34.0 Å². The molecule has 0 saturated heterocycles. The summed E-state index contributed by atoms with van der Waals surface area (Å²) >= 11 is 6.23. The number of halogens is 1. The summed E-state index contributed by atoms with van der Waals surface area (Å²) in [5, 5.41) is 11.1. The van der Waals surface area contributed by atoms with Gasteiger partial charge in [0.25, 0.3) is 0 Å². The number of carboxylic acid groups (broad SMARTS) is 1. The van der Waals surface area contributed by atoms with Crippen LogP contribution in [0.1, 0.15) is 22.2 Å². The van der Waals surface area contributed by atoms with Gasteiger partial charge in [0.1, 0.15) is 4.88 Å². The molecule has 0 saturated carbocycles. The molecule has 0 aromatic carbocycles. The lowest BCUT2D eigenvalue weighted by atomic mass is 10.1. The van der Waals surface area contributed by atoms with Gasteiger partial charge in [-0.1, -0.05) is 6.92 Å². The summed E-state index contributed by atoms with van der Waals surface area (Å²) in [4.78, 5) is 12.3. The minimum atomic E-state index is -0.956. The molecule has 2 heterocycles. The van der Waals surface area contributed by atoms with E-state index in [0.29, 0.717) is 5.69 Å². The number of nitrogen functional groups attached to an aromatic ring is 1. The Morgan fingerprint density at radius 1 is 1.59 bits per heavy atom. The first-order valence-electron chi connectivity index (χ1n) is 4.93. The van der Waals surface area contributed by atoms with Gasteiger partial charge in [-0.25, -0.2) is 4.79 Å². The molecule has 2 rings (SSSR count). The maximum absolute atomic E-state index is 11.1. The normalized spacial score (nSPS) is 10.7. The molecule has 6 heteroatoms. The highest BCUT2D eigenvalue weighted by molar-refractivity contribution is 9.11. The van der Waals surface area contributed by atoms with Crippen LogP contribution in [0, 0.1) is 0 Å². The van der Waals surface area contributed by atoms with E-state index in [4.69, 9.17) is 10.8 Å². The molecule has 0 aliphatic rings. The van der Waals surface area contributed by atoms with E-state index in [2.05, 4.69) is 15.9 Å². The van der Waals surface area contributed by atoms with Crippen molar-refractivity contribution < 1.29 is 9.90 Å². The lowest BCUT2D eigenvalue weighted by Crippen LogP contribution is -1.99. The molecule has 0 fully saturated rings. The van der Waals surface area contributed by atoms with E-state index in [0.717, 1.165) is 26.2 Å². The third kappa shape index (κ3) is 2.25. The highest BCUT2D eigenvalue weighted by atomic mass is 79.9. The lowest BCUT2D eigenvalue weighted by Gasteiger charge is -1.99. The molecule has 0 unspecified atom stereocenters. The summed E-state index contributed by atoms with van der Waals surface area (Å²) in [6, 6.07) is 1.99. The quantitative estimate of drug-likeness (QED) is 0.890. The molecular formula is C11H10BrNO2S2. The predicted molar refractivity (Wildman–Crippen MR) is 76.1 cm³/mol. The van der Waals surface area contributed by atoms with Crippen molar-refractivity contribution in [3.8, 4) is 10.4 Å². The molecule has 3 N–H and O–H groups in total. The Morgan fingerprint density at radius 2 is 2.29 bits per heavy atom. The second kappa shape index (κ2) is 4.80. The van der Waals surface area contributed by atoms with Crippen LogP contribution in [-0.2, 0) is 6.42 Å². The highest BCUT2D eigenvalue weighted by Crippen LogP contribution is 2.41. The van der Waals surface area contributed by atoms with Crippen LogP contribution in [0.5, 0.6) is 0 Å². The fourth-order valence-electron chi connectivity index (χ4n) is 1.65. The molecule has 0 amide bonds. The fourth-order valence-corrected chi connectivity index (χ4v) is 4.01. The van der Waals surface area contributed by atoms with Crippen molar-refractivity contribution in [1.82, 2.24) is 0 Å². The number of anilines is 1. The van der Waals surface area contributed by atoms with Crippen LogP contribution in [0.3, 0.4) is 0 Å². The summed E-state index contributed by atoms with van der Waals surface area (Å²) in [5.74, 6) is -0.956. The van der Waals surface area contributed by atoms with Crippen LogP contribution in [0.2, 0.25) is 0 Å². The Bertz CT molecular complexity index is 574. The molecule has 2 aromatic heterocycles. The number of carboxylic acids is 1. The third-order valence-electron chi connectivity index (χ3n) is 2.43. The van der Waals surface area contributed by atoms with Gasteiger partial charge < -0.3 is 10.8 Å². The summed E-state index contributed by atoms with van der Waals surface area (Å²) in [7, 11) is 0. The molecule has 17 heavy (non-hydrogen) atoms. The highest BCUT2D eigenvalue weighted by Gasteiger charge is 2.20. The van der Waals surface area contributed by atoms with Gasteiger partial charge in [0.2, 0.25) is 0 Å². The van der Waals surface area contributed by atoms with E-state index in [-0.39, 0.29) is 4.88 Å². The topological polar surface area (TPSA) is 63.3 Å². The Morgan fingerprint density at radius 3 is 2.76 bits per heavy atom. The van der Waals surface area contributed by atoms with Gasteiger partial charge >= 0.3 is 5.97 Å². The van der Waals surface area contributed by atoms with E-state index in [1.54, 1.807) is 11.3 Å². The van der Waals surface area contributed by atoms with Crippen molar-refractivity contribution in [2.75, 3.05) is 5.73 Å². The number of hydrogen-bond acceptors (Lipinski definition) is 4. The zero-order valence-electron chi connectivity index (χ0n) is 8.99. The number of aromatic carboxylic acids is 1. The largest absolute Gasteiger partial charge is 0.477 e. The molecule has 2 aromatic rings. The van der Waals surface area contributed by atoms with Crippen LogP contribution >= 0.6 is 38.6 Å².